The largest absolute Gasteiger partial charge is 0.450 e. The zero-order valence-electron chi connectivity index (χ0n) is 18.9. The minimum Gasteiger partial charge on any atom is -0.450 e. The molecule has 0 radical (unpaired) electrons. The van der Waals surface area contributed by atoms with Crippen LogP contribution in [0.3, 0.4) is 0 Å². The van der Waals surface area contributed by atoms with Gasteiger partial charge in [-0.3, -0.25) is 24.6 Å². The molecule has 0 N–H and O–H groups in total. The zero-order valence-corrected chi connectivity index (χ0v) is 18.9. The molecule has 1 amide bonds. The van der Waals surface area contributed by atoms with Gasteiger partial charge in [0.25, 0.3) is 11.6 Å². The summed E-state index contributed by atoms with van der Waals surface area (Å²) < 4.78 is 46.2. The van der Waals surface area contributed by atoms with Gasteiger partial charge in [-0.1, -0.05) is 18.2 Å². The van der Waals surface area contributed by atoms with E-state index in [0.717, 1.165) is 34.2 Å². The molecule has 5 rings (SSSR count). The van der Waals surface area contributed by atoms with Crippen LogP contribution in [0.5, 0.6) is 0 Å². The van der Waals surface area contributed by atoms with Crippen molar-refractivity contribution < 1.29 is 27.3 Å². The van der Waals surface area contributed by atoms with Crippen LogP contribution in [0, 0.1) is 24.0 Å². The van der Waals surface area contributed by atoms with E-state index in [-0.39, 0.29) is 39.2 Å². The van der Waals surface area contributed by atoms with Gasteiger partial charge in [-0.25, -0.2) is 0 Å². The van der Waals surface area contributed by atoms with Gasteiger partial charge in [0.2, 0.25) is 5.76 Å². The van der Waals surface area contributed by atoms with Crippen LogP contribution in [0.15, 0.2) is 69.9 Å². The van der Waals surface area contributed by atoms with E-state index in [1.54, 1.807) is 19.1 Å². The van der Waals surface area contributed by atoms with Crippen molar-refractivity contribution in [3.63, 3.8) is 0 Å². The molecule has 0 saturated heterocycles. The lowest BCUT2D eigenvalue weighted by molar-refractivity contribution is -0.384. The van der Waals surface area contributed by atoms with E-state index in [4.69, 9.17) is 4.42 Å². The third-order valence-corrected chi connectivity index (χ3v) is 6.33. The standard InChI is InChI=1S/C26H17F3N2O5/c1-13-9-19-20(10-14(13)2)36-24-21(23(19)32)22(15-5-3-8-18(11-15)31(34)35)30(25(24)33)17-7-4-6-16(12-17)26(27,28)29/h3-12,22H,1-2H3/t22-/m1/s1. The van der Waals surface area contributed by atoms with Crippen molar-refractivity contribution in [3.8, 4) is 0 Å². The predicted molar refractivity (Wildman–Crippen MR) is 125 cm³/mol. The average molecular weight is 494 g/mol. The van der Waals surface area contributed by atoms with Crippen LogP contribution < -0.4 is 10.3 Å². The maximum atomic E-state index is 13.7. The molecule has 0 saturated carbocycles. The molecule has 7 nitrogen and oxygen atoms in total. The Morgan fingerprint density at radius 3 is 2.36 bits per heavy atom. The highest BCUT2D eigenvalue weighted by Crippen LogP contribution is 2.43. The summed E-state index contributed by atoms with van der Waals surface area (Å²) in [7, 11) is 0. The number of amides is 1. The first kappa shape index (κ1) is 23.3. The lowest BCUT2D eigenvalue weighted by Gasteiger charge is -2.25. The topological polar surface area (TPSA) is 93.7 Å². The number of anilines is 1. The number of hydrogen-bond donors (Lipinski definition) is 0. The number of halogens is 3. The van der Waals surface area contributed by atoms with Crippen molar-refractivity contribution in [2.45, 2.75) is 26.1 Å². The molecule has 1 aliphatic heterocycles. The quantitative estimate of drug-likeness (QED) is 0.254. The van der Waals surface area contributed by atoms with Crippen LogP contribution >= 0.6 is 0 Å². The molecule has 0 fully saturated rings. The smallest absolute Gasteiger partial charge is 0.416 e. The maximum Gasteiger partial charge on any atom is 0.416 e. The first-order valence-corrected chi connectivity index (χ1v) is 10.8. The second-order valence-corrected chi connectivity index (χ2v) is 8.58. The highest BCUT2D eigenvalue weighted by atomic mass is 19.4. The first-order valence-electron chi connectivity index (χ1n) is 10.8. The predicted octanol–water partition coefficient (Wildman–Crippen LogP) is 6.09. The molecule has 182 valence electrons. The van der Waals surface area contributed by atoms with Crippen LogP contribution in [-0.4, -0.2) is 10.8 Å². The summed E-state index contributed by atoms with van der Waals surface area (Å²) in [4.78, 5) is 39.1. The SMILES string of the molecule is Cc1cc2oc3c(c(=O)c2cc1C)[C@@H](c1cccc([N+](=O)[O-])c1)N(c1cccc(C(F)(F)F)c1)C3=O. The summed E-state index contributed by atoms with van der Waals surface area (Å²) >= 11 is 0. The van der Waals surface area contributed by atoms with Crippen LogP contribution in [0.2, 0.25) is 0 Å². The fraction of sp³-hybridized carbons (Fsp3) is 0.154. The van der Waals surface area contributed by atoms with Crippen molar-refractivity contribution >= 4 is 28.3 Å². The number of benzene rings is 3. The van der Waals surface area contributed by atoms with E-state index in [1.165, 1.54) is 30.3 Å². The third kappa shape index (κ3) is 3.62. The fourth-order valence-electron chi connectivity index (χ4n) is 4.45. The molecular formula is C26H17F3N2O5. The Morgan fingerprint density at radius 1 is 0.972 bits per heavy atom. The molecule has 10 heteroatoms. The van der Waals surface area contributed by atoms with Crippen LogP contribution in [-0.2, 0) is 6.18 Å². The molecule has 3 aromatic carbocycles. The summed E-state index contributed by atoms with van der Waals surface area (Å²) in [6.45, 7) is 3.62. The van der Waals surface area contributed by atoms with Crippen LogP contribution in [0.25, 0.3) is 11.0 Å². The van der Waals surface area contributed by atoms with E-state index in [1.807, 2.05) is 6.92 Å². The number of carbonyl (C=O) groups excluding carboxylic acids is 1. The monoisotopic (exact) mass is 494 g/mol. The summed E-state index contributed by atoms with van der Waals surface area (Å²) in [5.74, 6) is -1.14. The Bertz CT molecular complexity index is 1640. The minimum absolute atomic E-state index is 0.0892. The number of fused-ring (bicyclic) bond motifs is 2. The highest BCUT2D eigenvalue weighted by molar-refractivity contribution is 6.10. The Hall–Kier alpha value is -4.47. The number of rotatable bonds is 3. The van der Waals surface area contributed by atoms with E-state index >= 15 is 0 Å². The number of hydrogen-bond acceptors (Lipinski definition) is 5. The normalized spacial score (nSPS) is 15.4. The van der Waals surface area contributed by atoms with Crippen molar-refractivity contribution in [1.29, 1.82) is 0 Å². The number of nitrogens with zero attached hydrogens (tertiary/aromatic N) is 2. The minimum atomic E-state index is -4.68. The zero-order chi connectivity index (χ0) is 25.9. The van der Waals surface area contributed by atoms with E-state index in [0.29, 0.717) is 0 Å². The van der Waals surface area contributed by atoms with Gasteiger partial charge >= 0.3 is 6.18 Å². The van der Waals surface area contributed by atoms with Gasteiger partial charge < -0.3 is 4.42 Å². The number of non-ortho nitro benzene ring substituents is 1. The second kappa shape index (κ2) is 8.04. The van der Waals surface area contributed by atoms with Crippen molar-refractivity contribution in [3.05, 3.63) is 115 Å². The molecule has 1 aliphatic rings. The van der Waals surface area contributed by atoms with E-state index in [9.17, 15) is 32.9 Å². The Kier molecular flexibility index (Phi) is 5.20. The summed E-state index contributed by atoms with van der Waals surface area (Å²) in [5, 5.41) is 11.6. The fourth-order valence-corrected chi connectivity index (χ4v) is 4.45. The van der Waals surface area contributed by atoms with Crippen molar-refractivity contribution in [2.75, 3.05) is 4.90 Å². The number of aryl methyl sites for hydroxylation is 2. The third-order valence-electron chi connectivity index (χ3n) is 6.33. The summed E-state index contributed by atoms with van der Waals surface area (Å²) in [5.41, 5.74) is -0.0630. The lowest BCUT2D eigenvalue weighted by atomic mass is 9.97. The van der Waals surface area contributed by atoms with E-state index < -0.39 is 34.0 Å². The molecular weight excluding hydrogens is 477 g/mol. The molecule has 0 spiro atoms. The number of nitro benzene ring substituents is 1. The van der Waals surface area contributed by atoms with Crippen LogP contribution in [0.4, 0.5) is 24.5 Å². The van der Waals surface area contributed by atoms with Gasteiger partial charge in [0.05, 0.1) is 27.5 Å². The van der Waals surface area contributed by atoms with Gasteiger partial charge in [-0.2, -0.15) is 13.2 Å². The van der Waals surface area contributed by atoms with Gasteiger partial charge in [0.15, 0.2) is 5.43 Å². The second-order valence-electron chi connectivity index (χ2n) is 8.58. The molecule has 1 aromatic heterocycles. The van der Waals surface area contributed by atoms with E-state index in [2.05, 4.69) is 0 Å². The highest BCUT2D eigenvalue weighted by Gasteiger charge is 2.44. The molecule has 4 aromatic rings. The number of nitro groups is 1. The molecule has 36 heavy (non-hydrogen) atoms. The van der Waals surface area contributed by atoms with Gasteiger partial charge in [-0.15, -0.1) is 0 Å². The Morgan fingerprint density at radius 2 is 1.67 bits per heavy atom. The number of alkyl halides is 3. The number of carbonyl (C=O) groups is 1. The molecule has 0 aliphatic carbocycles. The van der Waals surface area contributed by atoms with Crippen molar-refractivity contribution in [1.82, 2.24) is 0 Å². The molecule has 2 heterocycles. The average Bonchev–Trinajstić information content (AvgIpc) is 3.12. The van der Waals surface area contributed by atoms with Gasteiger partial charge in [0, 0.05) is 17.8 Å². The molecule has 0 bridgehead atoms. The van der Waals surface area contributed by atoms with Gasteiger partial charge in [0.1, 0.15) is 5.58 Å². The van der Waals surface area contributed by atoms with Gasteiger partial charge in [-0.05, 0) is 60.9 Å². The maximum absolute atomic E-state index is 13.7. The Balaban J connectivity index is 1.82. The summed E-state index contributed by atoms with van der Waals surface area (Å²) in [6.07, 6.45) is -4.68. The molecule has 0 unspecified atom stereocenters. The lowest BCUT2D eigenvalue weighted by Crippen LogP contribution is -2.29. The first-order chi connectivity index (χ1) is 17.0. The summed E-state index contributed by atoms with van der Waals surface area (Å²) in [6, 6.07) is 11.4. The van der Waals surface area contributed by atoms with Crippen molar-refractivity contribution in [2.24, 2.45) is 0 Å². The Labute approximate surface area is 201 Å². The molecule has 1 atom stereocenters. The van der Waals surface area contributed by atoms with Crippen LogP contribution in [0.1, 0.15) is 44.4 Å².